The average molecular weight is 429 g/mol. The standard InChI is InChI=1S/C22H32N6O3/c1-25(2)14-21(29)27-8-3-4-19(27)18-12-20-23-17-5-9-26(15-6-10-31-11-7-15)13-16(17)22(30)28(20)24-18/h12,15,19,24H,3-11,13-14H2,1-2H3/t19-/m1/s1. The number of likely N-dealkylation sites (tertiary alicyclic amines) is 1. The van der Waals surface area contributed by atoms with E-state index in [1.165, 1.54) is 0 Å². The molecule has 31 heavy (non-hydrogen) atoms. The van der Waals surface area contributed by atoms with E-state index in [1.54, 1.807) is 4.52 Å². The molecule has 9 heteroatoms. The number of carbonyl (C=O) groups is 1. The van der Waals surface area contributed by atoms with Crippen LogP contribution in [0.15, 0.2) is 10.9 Å². The van der Waals surface area contributed by atoms with Gasteiger partial charge in [-0.25, -0.2) is 9.50 Å². The molecule has 1 atom stereocenters. The maximum Gasteiger partial charge on any atom is 0.277 e. The summed E-state index contributed by atoms with van der Waals surface area (Å²) in [5, 5.41) is 3.28. The van der Waals surface area contributed by atoms with Crippen molar-refractivity contribution in [2.75, 3.05) is 46.9 Å². The summed E-state index contributed by atoms with van der Waals surface area (Å²) in [5.74, 6) is 0.123. The number of likely N-dealkylation sites (N-methyl/N-ethyl adjacent to an activating group) is 1. The highest BCUT2D eigenvalue weighted by molar-refractivity contribution is 5.79. The quantitative estimate of drug-likeness (QED) is 0.775. The van der Waals surface area contributed by atoms with Crippen molar-refractivity contribution in [3.63, 3.8) is 0 Å². The molecular weight excluding hydrogens is 396 g/mol. The Labute approximate surface area is 181 Å². The summed E-state index contributed by atoms with van der Waals surface area (Å²) >= 11 is 0. The number of ether oxygens (including phenoxy) is 1. The Morgan fingerprint density at radius 3 is 2.84 bits per heavy atom. The van der Waals surface area contributed by atoms with E-state index in [0.29, 0.717) is 24.8 Å². The zero-order chi connectivity index (χ0) is 21.5. The molecule has 2 saturated heterocycles. The minimum Gasteiger partial charge on any atom is -0.381 e. The molecule has 2 fully saturated rings. The molecule has 1 amide bonds. The van der Waals surface area contributed by atoms with Gasteiger partial charge in [-0.15, -0.1) is 0 Å². The molecule has 0 unspecified atom stereocenters. The third-order valence-corrected chi connectivity index (χ3v) is 6.90. The van der Waals surface area contributed by atoms with Crippen LogP contribution in [0.1, 0.15) is 48.7 Å². The fourth-order valence-electron chi connectivity index (χ4n) is 5.30. The summed E-state index contributed by atoms with van der Waals surface area (Å²) < 4.78 is 7.08. The second kappa shape index (κ2) is 8.37. The number of H-pyrrole nitrogens is 1. The van der Waals surface area contributed by atoms with Crippen LogP contribution in [-0.2, 0) is 22.5 Å². The topological polar surface area (TPSA) is 86.2 Å². The molecular formula is C22H32N6O3. The van der Waals surface area contributed by atoms with Gasteiger partial charge in [0.25, 0.3) is 5.56 Å². The van der Waals surface area contributed by atoms with Crippen LogP contribution in [0, 0.1) is 0 Å². The first kappa shape index (κ1) is 20.7. The molecule has 0 aliphatic carbocycles. The van der Waals surface area contributed by atoms with Crippen LogP contribution in [0.5, 0.6) is 0 Å². The lowest BCUT2D eigenvalue weighted by molar-refractivity contribution is -0.132. The van der Waals surface area contributed by atoms with Crippen molar-refractivity contribution in [2.24, 2.45) is 0 Å². The minimum absolute atomic E-state index is 0.00725. The second-order valence-electron chi connectivity index (χ2n) is 9.29. The van der Waals surface area contributed by atoms with E-state index in [4.69, 9.17) is 9.72 Å². The second-order valence-corrected chi connectivity index (χ2v) is 9.29. The van der Waals surface area contributed by atoms with Gasteiger partial charge < -0.3 is 14.5 Å². The van der Waals surface area contributed by atoms with Crippen LogP contribution in [0.3, 0.4) is 0 Å². The van der Waals surface area contributed by atoms with Gasteiger partial charge in [-0.2, -0.15) is 0 Å². The molecule has 9 nitrogen and oxygen atoms in total. The number of carbonyl (C=O) groups excluding carboxylic acids is 1. The first-order valence-corrected chi connectivity index (χ1v) is 11.4. The summed E-state index contributed by atoms with van der Waals surface area (Å²) in [4.78, 5) is 37.1. The Morgan fingerprint density at radius 2 is 2.06 bits per heavy atom. The Balaban J connectivity index is 1.43. The van der Waals surface area contributed by atoms with Gasteiger partial charge in [0.1, 0.15) is 0 Å². The molecule has 0 spiro atoms. The van der Waals surface area contributed by atoms with Crippen molar-refractivity contribution >= 4 is 11.6 Å². The highest BCUT2D eigenvalue weighted by Gasteiger charge is 2.33. The third-order valence-electron chi connectivity index (χ3n) is 6.90. The Morgan fingerprint density at radius 1 is 1.26 bits per heavy atom. The Hall–Kier alpha value is -2.23. The smallest absolute Gasteiger partial charge is 0.277 e. The Kier molecular flexibility index (Phi) is 5.58. The number of fused-ring (bicyclic) bond motifs is 2. The molecule has 0 radical (unpaired) electrons. The molecule has 2 aromatic rings. The molecule has 1 N–H and O–H groups in total. The molecule has 0 saturated carbocycles. The van der Waals surface area contributed by atoms with E-state index >= 15 is 0 Å². The molecule has 5 heterocycles. The van der Waals surface area contributed by atoms with Gasteiger partial charge in [0, 0.05) is 51.4 Å². The third kappa shape index (κ3) is 3.90. The van der Waals surface area contributed by atoms with Gasteiger partial charge in [-0.1, -0.05) is 0 Å². The van der Waals surface area contributed by atoms with Crippen molar-refractivity contribution in [3.8, 4) is 0 Å². The first-order chi connectivity index (χ1) is 15.0. The van der Waals surface area contributed by atoms with Gasteiger partial charge in [0.2, 0.25) is 5.91 Å². The fraction of sp³-hybridized carbons (Fsp3) is 0.682. The van der Waals surface area contributed by atoms with Crippen molar-refractivity contribution in [1.82, 2.24) is 29.3 Å². The van der Waals surface area contributed by atoms with Crippen molar-refractivity contribution in [1.29, 1.82) is 0 Å². The molecule has 0 bridgehead atoms. The van der Waals surface area contributed by atoms with Gasteiger partial charge in [0.05, 0.1) is 29.5 Å². The summed E-state index contributed by atoms with van der Waals surface area (Å²) in [5.41, 5.74) is 3.27. The van der Waals surface area contributed by atoms with E-state index in [0.717, 1.165) is 75.4 Å². The van der Waals surface area contributed by atoms with Crippen molar-refractivity contribution in [2.45, 2.75) is 50.7 Å². The van der Waals surface area contributed by atoms with E-state index in [2.05, 4.69) is 10.00 Å². The molecule has 3 aliphatic heterocycles. The molecule has 5 rings (SSSR count). The number of amides is 1. The maximum absolute atomic E-state index is 13.3. The van der Waals surface area contributed by atoms with E-state index in [-0.39, 0.29) is 17.5 Å². The van der Waals surface area contributed by atoms with Crippen LogP contribution in [0.4, 0.5) is 0 Å². The van der Waals surface area contributed by atoms with Crippen molar-refractivity contribution in [3.05, 3.63) is 33.4 Å². The van der Waals surface area contributed by atoms with Crippen LogP contribution in [0.2, 0.25) is 0 Å². The number of aromatic amines is 1. The monoisotopic (exact) mass is 428 g/mol. The van der Waals surface area contributed by atoms with Crippen LogP contribution >= 0.6 is 0 Å². The number of hydrogen-bond donors (Lipinski definition) is 1. The van der Waals surface area contributed by atoms with Gasteiger partial charge in [-0.3, -0.25) is 19.6 Å². The minimum atomic E-state index is -0.0238. The number of rotatable bonds is 4. The summed E-state index contributed by atoms with van der Waals surface area (Å²) in [6.07, 6.45) is 4.72. The largest absolute Gasteiger partial charge is 0.381 e. The zero-order valence-corrected chi connectivity index (χ0v) is 18.5. The lowest BCUT2D eigenvalue weighted by Crippen LogP contribution is -2.44. The van der Waals surface area contributed by atoms with E-state index in [1.807, 2.05) is 30.0 Å². The zero-order valence-electron chi connectivity index (χ0n) is 18.5. The lowest BCUT2D eigenvalue weighted by Gasteiger charge is -2.36. The van der Waals surface area contributed by atoms with Crippen LogP contribution in [-0.4, -0.2) is 88.2 Å². The maximum atomic E-state index is 13.3. The molecule has 0 aromatic carbocycles. The summed E-state index contributed by atoms with van der Waals surface area (Å²) in [7, 11) is 3.81. The van der Waals surface area contributed by atoms with Crippen molar-refractivity contribution < 1.29 is 9.53 Å². The normalized spacial score (nSPS) is 23.1. The number of nitrogens with one attached hydrogen (secondary N) is 1. The van der Waals surface area contributed by atoms with E-state index < -0.39 is 0 Å². The number of hydrogen-bond acceptors (Lipinski definition) is 6. The SMILES string of the molecule is CN(C)CC(=O)N1CCC[C@@H]1c1cc2nc3c(c(=O)n2[nH]1)CN(C1CCOCC1)CC3. The summed E-state index contributed by atoms with van der Waals surface area (Å²) in [6.45, 7) is 4.34. The first-order valence-electron chi connectivity index (χ1n) is 11.4. The van der Waals surface area contributed by atoms with Crippen LogP contribution < -0.4 is 5.56 Å². The predicted molar refractivity (Wildman–Crippen MR) is 116 cm³/mol. The van der Waals surface area contributed by atoms with Gasteiger partial charge in [-0.05, 0) is 39.8 Å². The predicted octanol–water partition coefficient (Wildman–Crippen LogP) is 0.785. The molecule has 3 aliphatic rings. The van der Waals surface area contributed by atoms with E-state index in [9.17, 15) is 9.59 Å². The summed E-state index contributed by atoms with van der Waals surface area (Å²) in [6, 6.07) is 2.42. The van der Waals surface area contributed by atoms with Gasteiger partial charge in [0.15, 0.2) is 5.65 Å². The average Bonchev–Trinajstić information content (AvgIpc) is 3.41. The van der Waals surface area contributed by atoms with Crippen LogP contribution in [0.25, 0.3) is 5.65 Å². The molecule has 168 valence electrons. The van der Waals surface area contributed by atoms with Gasteiger partial charge >= 0.3 is 0 Å². The number of nitrogens with zero attached hydrogens (tertiary/aromatic N) is 5. The Bertz CT molecular complexity index is 1020. The highest BCUT2D eigenvalue weighted by Crippen LogP contribution is 2.32. The highest BCUT2D eigenvalue weighted by atomic mass is 16.5. The fourth-order valence-corrected chi connectivity index (χ4v) is 5.30. The molecule has 2 aromatic heterocycles. The number of aromatic nitrogens is 3. The lowest BCUT2D eigenvalue weighted by atomic mass is 10.0.